The van der Waals surface area contributed by atoms with Gasteiger partial charge >= 0.3 is 0 Å². The average Bonchev–Trinajstić information content (AvgIpc) is 3.16. The van der Waals surface area contributed by atoms with Crippen molar-refractivity contribution in [3.8, 4) is 11.5 Å². The largest absolute Gasteiger partial charge is 0.486 e. The van der Waals surface area contributed by atoms with Crippen LogP contribution in [0, 0.1) is 17.5 Å². The third kappa shape index (κ3) is 3.64. The predicted octanol–water partition coefficient (Wildman–Crippen LogP) is 2.23. The molecular weight excluding hydrogens is 373 g/mol. The Bertz CT molecular complexity index is 907. The summed E-state index contributed by atoms with van der Waals surface area (Å²) in [7, 11) is 0. The van der Waals surface area contributed by atoms with Crippen LogP contribution in [0.3, 0.4) is 0 Å². The van der Waals surface area contributed by atoms with Crippen molar-refractivity contribution >= 4 is 11.6 Å². The molecule has 1 fully saturated rings. The van der Waals surface area contributed by atoms with E-state index in [1.807, 2.05) is 18.2 Å². The van der Waals surface area contributed by atoms with Gasteiger partial charge in [-0.15, -0.1) is 0 Å². The second-order valence-electron chi connectivity index (χ2n) is 6.95. The van der Waals surface area contributed by atoms with Crippen molar-refractivity contribution in [3.05, 3.63) is 53.3 Å². The van der Waals surface area contributed by atoms with Crippen molar-refractivity contribution in [2.75, 3.05) is 31.6 Å². The predicted molar refractivity (Wildman–Crippen MR) is 95.0 cm³/mol. The summed E-state index contributed by atoms with van der Waals surface area (Å²) in [6.07, 6.45) is 1.85. The van der Waals surface area contributed by atoms with E-state index in [2.05, 4.69) is 5.32 Å². The third-order valence-corrected chi connectivity index (χ3v) is 5.15. The highest BCUT2D eigenvalue weighted by atomic mass is 19.2. The molecule has 148 valence electrons. The molecule has 2 aromatic carbocycles. The van der Waals surface area contributed by atoms with E-state index in [0.717, 1.165) is 42.0 Å². The first-order chi connectivity index (χ1) is 13.5. The topological polar surface area (TPSA) is 52.0 Å². The number of rotatable bonds is 4. The van der Waals surface area contributed by atoms with Gasteiger partial charge in [0.2, 0.25) is 0 Å². The van der Waals surface area contributed by atoms with Crippen LogP contribution in [0.25, 0.3) is 0 Å². The molecule has 0 saturated carbocycles. The lowest BCUT2D eigenvalue weighted by Gasteiger charge is -2.24. The molecule has 0 aliphatic carbocycles. The number of likely N-dealkylation sites (tertiary alicyclic amines) is 1. The number of benzene rings is 2. The summed E-state index contributed by atoms with van der Waals surface area (Å²) in [6, 6.07) is 7.68. The zero-order chi connectivity index (χ0) is 19.7. The molecule has 2 atom stereocenters. The zero-order valence-corrected chi connectivity index (χ0v) is 15.1. The number of amides is 1. The summed E-state index contributed by atoms with van der Waals surface area (Å²) in [5, 5.41) is 2.34. The quantitative estimate of drug-likeness (QED) is 0.784. The number of carbonyl (C=O) groups is 1. The van der Waals surface area contributed by atoms with Crippen molar-refractivity contribution in [2.45, 2.75) is 18.9 Å². The fourth-order valence-electron chi connectivity index (χ4n) is 3.83. The van der Waals surface area contributed by atoms with Crippen LogP contribution >= 0.6 is 0 Å². The van der Waals surface area contributed by atoms with Crippen LogP contribution in [-0.4, -0.2) is 32.2 Å². The number of ether oxygens (including phenoxy) is 2. The van der Waals surface area contributed by atoms with Crippen LogP contribution in [-0.2, 0) is 4.79 Å². The van der Waals surface area contributed by atoms with Crippen LogP contribution < -0.4 is 19.7 Å². The number of anilines is 1. The lowest BCUT2D eigenvalue weighted by atomic mass is 10.0. The molecule has 2 heterocycles. The number of hydrogen-bond acceptors (Lipinski definition) is 3. The number of halogens is 3. The van der Waals surface area contributed by atoms with Crippen molar-refractivity contribution < 1.29 is 32.3 Å². The Hall–Kier alpha value is -2.74. The van der Waals surface area contributed by atoms with Gasteiger partial charge in [0.15, 0.2) is 35.5 Å². The summed E-state index contributed by atoms with van der Waals surface area (Å²) < 4.78 is 51.3. The molecule has 1 amide bonds. The van der Waals surface area contributed by atoms with Gasteiger partial charge in [-0.1, -0.05) is 0 Å². The minimum absolute atomic E-state index is 0.0939. The Balaban J connectivity index is 1.45. The van der Waals surface area contributed by atoms with Gasteiger partial charge in [-0.2, -0.15) is 0 Å². The third-order valence-electron chi connectivity index (χ3n) is 5.15. The number of nitrogens with one attached hydrogen (secondary N) is 2. The second kappa shape index (κ2) is 7.71. The number of fused-ring (bicyclic) bond motifs is 1. The van der Waals surface area contributed by atoms with E-state index in [1.165, 1.54) is 0 Å². The van der Waals surface area contributed by atoms with Crippen LogP contribution in [0.2, 0.25) is 0 Å². The van der Waals surface area contributed by atoms with Gasteiger partial charge in [-0.05, 0) is 30.3 Å². The summed E-state index contributed by atoms with van der Waals surface area (Å²) in [4.78, 5) is 13.4. The maximum absolute atomic E-state index is 13.8. The maximum Gasteiger partial charge on any atom is 0.279 e. The Kier molecular flexibility index (Phi) is 5.13. The van der Waals surface area contributed by atoms with Crippen molar-refractivity contribution in [2.24, 2.45) is 0 Å². The monoisotopic (exact) mass is 393 g/mol. The Morgan fingerprint density at radius 3 is 2.68 bits per heavy atom. The lowest BCUT2D eigenvalue weighted by molar-refractivity contribution is -0.910. The minimum Gasteiger partial charge on any atom is -0.486 e. The molecule has 2 N–H and O–H groups in total. The van der Waals surface area contributed by atoms with E-state index in [1.54, 1.807) is 0 Å². The first-order valence-electron chi connectivity index (χ1n) is 9.20. The molecule has 2 aromatic rings. The van der Waals surface area contributed by atoms with Crippen LogP contribution in [0.4, 0.5) is 18.9 Å². The molecule has 0 bridgehead atoms. The molecule has 5 nitrogen and oxygen atoms in total. The van der Waals surface area contributed by atoms with Gasteiger partial charge in [0.1, 0.15) is 19.3 Å². The normalized spacial score (nSPS) is 20.8. The van der Waals surface area contributed by atoms with Gasteiger partial charge < -0.3 is 19.7 Å². The number of quaternary nitrogens is 1. The fourth-order valence-corrected chi connectivity index (χ4v) is 3.83. The van der Waals surface area contributed by atoms with E-state index in [4.69, 9.17) is 9.47 Å². The van der Waals surface area contributed by atoms with Crippen molar-refractivity contribution in [3.63, 3.8) is 0 Å². The SMILES string of the molecule is O=C(C[NH+]1CCC[C@H]1c1ccc2c(c1)OCCO2)Nc1ccc(F)c(F)c1F. The van der Waals surface area contributed by atoms with Crippen LogP contribution in [0.5, 0.6) is 11.5 Å². The molecule has 0 aromatic heterocycles. The summed E-state index contributed by atoms with van der Waals surface area (Å²) >= 11 is 0. The Morgan fingerprint density at radius 2 is 1.86 bits per heavy atom. The van der Waals surface area contributed by atoms with Crippen molar-refractivity contribution in [1.82, 2.24) is 0 Å². The standard InChI is InChI=1S/C20H19F3N2O3/c21-13-4-5-14(20(23)19(13)22)24-18(26)11-25-7-1-2-15(25)12-3-6-16-17(10-12)28-9-8-27-16/h3-6,10,15H,1-2,7-9,11H2,(H,24,26)/p+1/t15-/m0/s1. The van der Waals surface area contributed by atoms with E-state index in [9.17, 15) is 18.0 Å². The number of carbonyl (C=O) groups excluding carboxylic acids is 1. The lowest BCUT2D eigenvalue weighted by Crippen LogP contribution is -3.11. The molecule has 1 saturated heterocycles. The van der Waals surface area contributed by atoms with E-state index < -0.39 is 23.4 Å². The highest BCUT2D eigenvalue weighted by Crippen LogP contribution is 2.33. The summed E-state index contributed by atoms with van der Waals surface area (Å²) in [5.74, 6) is -3.33. The molecule has 8 heteroatoms. The highest BCUT2D eigenvalue weighted by molar-refractivity contribution is 5.91. The molecule has 2 aliphatic rings. The Labute approximate surface area is 160 Å². The fraction of sp³-hybridized carbons (Fsp3) is 0.350. The first kappa shape index (κ1) is 18.6. The van der Waals surface area contributed by atoms with Gasteiger partial charge in [0.25, 0.3) is 5.91 Å². The molecule has 1 unspecified atom stereocenters. The molecular formula is C20H20F3N2O3+. The van der Waals surface area contributed by atoms with Gasteiger partial charge in [0, 0.05) is 18.4 Å². The molecule has 28 heavy (non-hydrogen) atoms. The minimum atomic E-state index is -1.60. The molecule has 4 rings (SSSR count). The van der Waals surface area contributed by atoms with E-state index >= 15 is 0 Å². The van der Waals surface area contributed by atoms with Gasteiger partial charge in [-0.3, -0.25) is 4.79 Å². The van der Waals surface area contributed by atoms with E-state index in [-0.39, 0.29) is 18.3 Å². The Morgan fingerprint density at radius 1 is 1.07 bits per heavy atom. The summed E-state index contributed by atoms with van der Waals surface area (Å²) in [6.45, 7) is 1.90. The summed E-state index contributed by atoms with van der Waals surface area (Å²) in [5.41, 5.74) is 0.682. The van der Waals surface area contributed by atoms with Crippen LogP contribution in [0.1, 0.15) is 24.4 Å². The van der Waals surface area contributed by atoms with Crippen molar-refractivity contribution in [1.29, 1.82) is 0 Å². The van der Waals surface area contributed by atoms with Gasteiger partial charge in [-0.25, -0.2) is 13.2 Å². The molecule has 0 spiro atoms. The first-order valence-corrected chi connectivity index (χ1v) is 9.20. The average molecular weight is 393 g/mol. The smallest absolute Gasteiger partial charge is 0.279 e. The highest BCUT2D eigenvalue weighted by Gasteiger charge is 2.32. The molecule has 2 aliphatic heterocycles. The zero-order valence-electron chi connectivity index (χ0n) is 15.1. The number of hydrogen-bond donors (Lipinski definition) is 2. The second-order valence-corrected chi connectivity index (χ2v) is 6.95. The maximum atomic E-state index is 13.8. The van der Waals surface area contributed by atoms with Gasteiger partial charge in [0.05, 0.1) is 12.2 Å². The molecule has 0 radical (unpaired) electrons. The van der Waals surface area contributed by atoms with E-state index in [0.29, 0.717) is 24.7 Å². The van der Waals surface area contributed by atoms with Crippen LogP contribution in [0.15, 0.2) is 30.3 Å².